The Morgan fingerprint density at radius 1 is 1.14 bits per heavy atom. The zero-order chi connectivity index (χ0) is 20.9. The number of nitriles is 1. The molecule has 0 aliphatic rings. The van der Waals surface area contributed by atoms with Crippen LogP contribution in [-0.4, -0.2) is 18.1 Å². The van der Waals surface area contributed by atoms with Gasteiger partial charge in [0.1, 0.15) is 11.8 Å². The first-order valence-electron chi connectivity index (χ1n) is 8.88. The van der Waals surface area contributed by atoms with Crippen molar-refractivity contribution in [2.75, 3.05) is 12.4 Å². The molecule has 1 atom stereocenters. The minimum absolute atomic E-state index is 0.0663. The molecule has 0 bridgehead atoms. The number of carbonyl (C=O) groups excluding carboxylic acids is 1. The number of hydrogen-bond donors (Lipinski definition) is 2. The highest BCUT2D eigenvalue weighted by Crippen LogP contribution is 2.29. The number of amides is 1. The van der Waals surface area contributed by atoms with Crippen LogP contribution in [0.1, 0.15) is 16.7 Å². The number of ether oxygens (including phenoxy) is 1. The predicted octanol–water partition coefficient (Wildman–Crippen LogP) is 4.29. The molecule has 3 rings (SSSR count). The molecule has 0 saturated heterocycles. The zero-order valence-electron chi connectivity index (χ0n) is 15.7. The third-order valence-corrected chi connectivity index (χ3v) is 4.91. The zero-order valence-corrected chi connectivity index (χ0v) is 16.5. The average molecular weight is 407 g/mol. The molecule has 0 saturated carbocycles. The van der Waals surface area contributed by atoms with Crippen molar-refractivity contribution in [2.24, 2.45) is 0 Å². The van der Waals surface area contributed by atoms with Gasteiger partial charge in [-0.2, -0.15) is 5.26 Å². The van der Waals surface area contributed by atoms with E-state index in [1.54, 1.807) is 61.7 Å². The Kier molecular flexibility index (Phi) is 6.18. The maximum atomic E-state index is 13.1. The number of carbonyl (C=O) groups is 1. The summed E-state index contributed by atoms with van der Waals surface area (Å²) in [4.78, 5) is 13.1. The number of hydrogen-bond acceptors (Lipinski definition) is 4. The Bertz CT molecular complexity index is 1050. The molecule has 5 nitrogen and oxygen atoms in total. The van der Waals surface area contributed by atoms with E-state index in [1.807, 2.05) is 12.1 Å². The standard InChI is InChI=1S/C23H19ClN2O3/c1-29-20-11-7-16(8-12-20)14-23(28,18-5-3-2-4-6-18)22(27)26-19-10-9-17(15-25)21(24)13-19/h2-13,28H,14H2,1H3,(H,26,27). The molecule has 3 aromatic rings. The molecule has 1 amide bonds. The van der Waals surface area contributed by atoms with Gasteiger partial charge in [0, 0.05) is 12.1 Å². The smallest absolute Gasteiger partial charge is 0.261 e. The number of anilines is 1. The van der Waals surface area contributed by atoms with E-state index in [0.29, 0.717) is 22.6 Å². The molecule has 0 aliphatic heterocycles. The highest BCUT2D eigenvalue weighted by molar-refractivity contribution is 6.32. The second kappa shape index (κ2) is 8.78. The van der Waals surface area contributed by atoms with E-state index in [2.05, 4.69) is 5.32 Å². The fraction of sp³-hybridized carbons (Fsp3) is 0.130. The van der Waals surface area contributed by atoms with Crippen molar-refractivity contribution < 1.29 is 14.6 Å². The molecule has 146 valence electrons. The van der Waals surface area contributed by atoms with E-state index < -0.39 is 11.5 Å². The van der Waals surface area contributed by atoms with Crippen LogP contribution < -0.4 is 10.1 Å². The van der Waals surface area contributed by atoms with Gasteiger partial charge in [-0.05, 0) is 41.5 Å². The molecule has 1 unspecified atom stereocenters. The molecule has 0 aromatic heterocycles. The van der Waals surface area contributed by atoms with Crippen LogP contribution in [0.25, 0.3) is 0 Å². The van der Waals surface area contributed by atoms with Crippen LogP contribution in [0.4, 0.5) is 5.69 Å². The topological polar surface area (TPSA) is 82.3 Å². The van der Waals surface area contributed by atoms with Gasteiger partial charge in [-0.3, -0.25) is 4.79 Å². The highest BCUT2D eigenvalue weighted by Gasteiger charge is 2.38. The lowest BCUT2D eigenvalue weighted by molar-refractivity contribution is -0.135. The molecular weight excluding hydrogens is 388 g/mol. The Morgan fingerprint density at radius 2 is 1.83 bits per heavy atom. The largest absolute Gasteiger partial charge is 0.497 e. The van der Waals surface area contributed by atoms with Crippen LogP contribution in [0.15, 0.2) is 72.8 Å². The van der Waals surface area contributed by atoms with Crippen molar-refractivity contribution >= 4 is 23.2 Å². The fourth-order valence-corrected chi connectivity index (χ4v) is 3.21. The number of aliphatic hydroxyl groups is 1. The van der Waals surface area contributed by atoms with E-state index in [0.717, 1.165) is 5.56 Å². The lowest BCUT2D eigenvalue weighted by Gasteiger charge is -2.28. The predicted molar refractivity (Wildman–Crippen MR) is 112 cm³/mol. The summed E-state index contributed by atoms with van der Waals surface area (Å²) in [5, 5.41) is 23.4. The normalized spacial score (nSPS) is 12.5. The van der Waals surface area contributed by atoms with Crippen LogP contribution in [-0.2, 0) is 16.8 Å². The number of benzene rings is 3. The van der Waals surface area contributed by atoms with E-state index in [9.17, 15) is 9.90 Å². The average Bonchev–Trinajstić information content (AvgIpc) is 2.75. The van der Waals surface area contributed by atoms with Crippen LogP contribution in [0.5, 0.6) is 5.75 Å². The van der Waals surface area contributed by atoms with Crippen molar-refractivity contribution in [1.82, 2.24) is 0 Å². The molecule has 0 spiro atoms. The maximum absolute atomic E-state index is 13.1. The van der Waals surface area contributed by atoms with Crippen molar-refractivity contribution in [3.8, 4) is 11.8 Å². The maximum Gasteiger partial charge on any atom is 0.261 e. The van der Waals surface area contributed by atoms with Crippen LogP contribution >= 0.6 is 11.6 Å². The molecule has 3 aromatic carbocycles. The Hall–Kier alpha value is -3.33. The van der Waals surface area contributed by atoms with Gasteiger partial charge in [-0.25, -0.2) is 0 Å². The molecule has 29 heavy (non-hydrogen) atoms. The van der Waals surface area contributed by atoms with Crippen LogP contribution in [0.2, 0.25) is 5.02 Å². The minimum atomic E-state index is -1.81. The van der Waals surface area contributed by atoms with Crippen molar-refractivity contribution in [3.05, 3.63) is 94.5 Å². The van der Waals surface area contributed by atoms with Gasteiger partial charge in [-0.1, -0.05) is 54.1 Å². The highest BCUT2D eigenvalue weighted by atomic mass is 35.5. The number of methoxy groups -OCH3 is 1. The first kappa shape index (κ1) is 20.4. The summed E-state index contributed by atoms with van der Waals surface area (Å²) in [5.41, 5.74) is 0.124. The lowest BCUT2D eigenvalue weighted by atomic mass is 9.86. The van der Waals surface area contributed by atoms with Gasteiger partial charge >= 0.3 is 0 Å². The van der Waals surface area contributed by atoms with Gasteiger partial charge in [0.2, 0.25) is 0 Å². The van der Waals surface area contributed by atoms with Crippen molar-refractivity contribution in [3.63, 3.8) is 0 Å². The molecular formula is C23H19ClN2O3. The summed E-state index contributed by atoms with van der Waals surface area (Å²) in [6.07, 6.45) is 0.0663. The quantitative estimate of drug-likeness (QED) is 0.639. The van der Waals surface area contributed by atoms with E-state index in [1.165, 1.54) is 12.1 Å². The molecule has 0 aliphatic carbocycles. The van der Waals surface area contributed by atoms with Gasteiger partial charge < -0.3 is 15.2 Å². The summed E-state index contributed by atoms with van der Waals surface area (Å²) in [7, 11) is 1.57. The molecule has 0 fully saturated rings. The second-order valence-corrected chi connectivity index (χ2v) is 6.92. The van der Waals surface area contributed by atoms with Crippen LogP contribution in [0.3, 0.4) is 0 Å². The summed E-state index contributed by atoms with van der Waals surface area (Å²) >= 11 is 6.05. The van der Waals surface area contributed by atoms with Gasteiger partial charge in [0.05, 0.1) is 17.7 Å². The summed E-state index contributed by atoms with van der Waals surface area (Å²) in [5.74, 6) is 0.0916. The first-order valence-corrected chi connectivity index (χ1v) is 9.26. The molecule has 6 heteroatoms. The monoisotopic (exact) mass is 406 g/mol. The van der Waals surface area contributed by atoms with Gasteiger partial charge in [0.15, 0.2) is 5.60 Å². The first-order chi connectivity index (χ1) is 14.0. The lowest BCUT2D eigenvalue weighted by Crippen LogP contribution is -2.42. The fourth-order valence-electron chi connectivity index (χ4n) is 2.98. The van der Waals surface area contributed by atoms with Crippen molar-refractivity contribution in [2.45, 2.75) is 12.0 Å². The SMILES string of the molecule is COc1ccc(CC(O)(C(=O)Nc2ccc(C#N)c(Cl)c2)c2ccccc2)cc1. The summed E-state index contributed by atoms with van der Waals surface area (Å²) in [6, 6.07) is 22.5. The Labute approximate surface area is 174 Å². The number of nitrogens with zero attached hydrogens (tertiary/aromatic N) is 1. The number of rotatable bonds is 6. The van der Waals surface area contributed by atoms with E-state index in [-0.39, 0.29) is 11.4 Å². The Balaban J connectivity index is 1.93. The molecule has 0 heterocycles. The molecule has 2 N–H and O–H groups in total. The third-order valence-electron chi connectivity index (χ3n) is 4.59. The molecule has 0 radical (unpaired) electrons. The third kappa shape index (κ3) is 4.57. The number of halogens is 1. The summed E-state index contributed by atoms with van der Waals surface area (Å²) < 4.78 is 5.16. The van der Waals surface area contributed by atoms with Crippen molar-refractivity contribution in [1.29, 1.82) is 5.26 Å². The Morgan fingerprint density at radius 3 is 2.41 bits per heavy atom. The van der Waals surface area contributed by atoms with Gasteiger partial charge in [0.25, 0.3) is 5.91 Å². The van der Waals surface area contributed by atoms with E-state index >= 15 is 0 Å². The van der Waals surface area contributed by atoms with Gasteiger partial charge in [-0.15, -0.1) is 0 Å². The van der Waals surface area contributed by atoms with E-state index in [4.69, 9.17) is 21.6 Å². The summed E-state index contributed by atoms with van der Waals surface area (Å²) in [6.45, 7) is 0. The minimum Gasteiger partial charge on any atom is -0.497 e. The number of nitrogens with one attached hydrogen (secondary N) is 1. The van der Waals surface area contributed by atoms with Crippen LogP contribution in [0, 0.1) is 11.3 Å². The second-order valence-electron chi connectivity index (χ2n) is 6.51.